The van der Waals surface area contributed by atoms with E-state index < -0.39 is 0 Å². The van der Waals surface area contributed by atoms with Crippen LogP contribution in [0.3, 0.4) is 0 Å². The summed E-state index contributed by atoms with van der Waals surface area (Å²) in [5, 5.41) is 0. The highest BCUT2D eigenvalue weighted by Crippen LogP contribution is 2.89. The average Bonchev–Trinajstić information content (AvgIpc) is 2.66. The van der Waals surface area contributed by atoms with Crippen LogP contribution in [-0.2, 0) is 0 Å². The summed E-state index contributed by atoms with van der Waals surface area (Å²) >= 11 is 0. The average molecular weight is 134 g/mol. The molecule has 0 atom stereocenters. The molecular weight excluding hydrogens is 120 g/mol. The van der Waals surface area contributed by atoms with Crippen LogP contribution in [-0.4, -0.2) is 0 Å². The third kappa shape index (κ3) is 0.212. The van der Waals surface area contributed by atoms with E-state index >= 15 is 0 Å². The third-order valence-electron chi connectivity index (χ3n) is 5.63. The largest absolute Gasteiger partial charge is 0.0491 e. The van der Waals surface area contributed by atoms with Gasteiger partial charge in [-0.2, -0.15) is 0 Å². The Kier molecular flexibility index (Phi) is 0.479. The maximum Gasteiger partial charge on any atom is -0.0230 e. The summed E-state index contributed by atoms with van der Waals surface area (Å²) in [6, 6.07) is 0. The van der Waals surface area contributed by atoms with Gasteiger partial charge >= 0.3 is 0 Å². The van der Waals surface area contributed by atoms with E-state index in [2.05, 4.69) is 0 Å². The molecule has 0 aliphatic heterocycles. The standard InChI is InChI=1S/C10H14/c1-2-8-9-3-4-10(8,6-5-9)7(1)9/h7-8H,1-6H2. The van der Waals surface area contributed by atoms with E-state index in [-0.39, 0.29) is 0 Å². The molecule has 10 heavy (non-hydrogen) atoms. The molecule has 0 N–H and O–H groups in total. The molecule has 0 amide bonds. The maximum atomic E-state index is 1.63. The summed E-state index contributed by atoms with van der Waals surface area (Å²) in [5.41, 5.74) is 1.94. The van der Waals surface area contributed by atoms with Crippen molar-refractivity contribution in [2.24, 2.45) is 22.7 Å². The zero-order valence-electron chi connectivity index (χ0n) is 6.40. The second kappa shape index (κ2) is 1.00. The third-order valence-corrected chi connectivity index (χ3v) is 5.63. The molecule has 7 rings (SSSR count). The summed E-state index contributed by atoms with van der Waals surface area (Å²) in [6.07, 6.45) is 9.74. The Morgan fingerprint density at radius 1 is 0.700 bits per heavy atom. The second-order valence-corrected chi connectivity index (χ2v) is 5.15. The van der Waals surface area contributed by atoms with E-state index in [9.17, 15) is 0 Å². The highest BCUT2D eigenvalue weighted by Gasteiger charge is 2.81. The smallest absolute Gasteiger partial charge is 0.0230 e. The summed E-state index contributed by atoms with van der Waals surface area (Å²) in [7, 11) is 0. The molecule has 4 bridgehead atoms. The first-order chi connectivity index (χ1) is 4.89. The second-order valence-electron chi connectivity index (χ2n) is 5.15. The van der Waals surface area contributed by atoms with Crippen LogP contribution in [0.25, 0.3) is 0 Å². The molecule has 7 saturated carbocycles. The molecule has 0 aromatic heterocycles. The van der Waals surface area contributed by atoms with Gasteiger partial charge in [-0.3, -0.25) is 0 Å². The molecule has 54 valence electrons. The van der Waals surface area contributed by atoms with Crippen LogP contribution in [0.2, 0.25) is 0 Å². The Morgan fingerprint density at radius 3 is 1.40 bits per heavy atom. The summed E-state index contributed by atoms with van der Waals surface area (Å²) in [6.45, 7) is 0. The first kappa shape index (κ1) is 4.79. The van der Waals surface area contributed by atoms with Gasteiger partial charge in [0.2, 0.25) is 0 Å². The van der Waals surface area contributed by atoms with E-state index in [4.69, 9.17) is 0 Å². The van der Waals surface area contributed by atoms with Crippen LogP contribution in [0.1, 0.15) is 38.5 Å². The van der Waals surface area contributed by atoms with Crippen LogP contribution in [0.5, 0.6) is 0 Å². The number of hydrogen-bond acceptors (Lipinski definition) is 0. The Balaban J connectivity index is 2.06. The lowest BCUT2D eigenvalue weighted by Gasteiger charge is -2.47. The van der Waals surface area contributed by atoms with Crippen molar-refractivity contribution in [2.45, 2.75) is 38.5 Å². The molecule has 0 saturated heterocycles. The summed E-state index contributed by atoms with van der Waals surface area (Å²) in [4.78, 5) is 0. The normalized spacial score (nSPS) is 74.4. The molecule has 0 nitrogen and oxygen atoms in total. The van der Waals surface area contributed by atoms with Crippen LogP contribution in [0.4, 0.5) is 0 Å². The van der Waals surface area contributed by atoms with Crippen LogP contribution < -0.4 is 0 Å². The van der Waals surface area contributed by atoms with Crippen LogP contribution >= 0.6 is 0 Å². The van der Waals surface area contributed by atoms with Gasteiger partial charge in [0.05, 0.1) is 0 Å². The van der Waals surface area contributed by atoms with Gasteiger partial charge in [-0.25, -0.2) is 0 Å². The predicted molar refractivity (Wildman–Crippen MR) is 39.5 cm³/mol. The molecule has 7 aliphatic rings. The van der Waals surface area contributed by atoms with Crippen LogP contribution in [0.15, 0.2) is 0 Å². The lowest BCUT2D eigenvalue weighted by molar-refractivity contribution is 0.00124. The van der Waals surface area contributed by atoms with E-state index in [1.54, 1.807) is 38.5 Å². The molecule has 7 fully saturated rings. The first-order valence-electron chi connectivity index (χ1n) is 4.89. The van der Waals surface area contributed by atoms with E-state index in [0.717, 1.165) is 10.8 Å². The highest BCUT2D eigenvalue weighted by atomic mass is 14.9. The Bertz CT molecular complexity index is 172. The minimum Gasteiger partial charge on any atom is -0.0491 e. The van der Waals surface area contributed by atoms with Gasteiger partial charge in [-0.15, -0.1) is 0 Å². The van der Waals surface area contributed by atoms with Gasteiger partial charge in [-0.05, 0) is 61.2 Å². The molecular formula is C10H14. The Morgan fingerprint density at radius 2 is 1.10 bits per heavy atom. The summed E-state index contributed by atoms with van der Waals surface area (Å²) in [5.74, 6) is 2.48. The molecule has 0 unspecified atom stereocenters. The Hall–Kier alpha value is 0. The molecule has 0 aromatic carbocycles. The van der Waals surface area contributed by atoms with Gasteiger partial charge in [0.25, 0.3) is 0 Å². The molecule has 0 spiro atoms. The van der Waals surface area contributed by atoms with Crippen molar-refractivity contribution in [2.75, 3.05) is 0 Å². The molecule has 0 aromatic rings. The van der Waals surface area contributed by atoms with Gasteiger partial charge in [-0.1, -0.05) is 0 Å². The number of rotatable bonds is 0. The minimum atomic E-state index is 0.972. The van der Waals surface area contributed by atoms with Crippen molar-refractivity contribution < 1.29 is 0 Å². The SMILES string of the molecule is C1CC2C34CCC2(CC3)C14. The lowest BCUT2D eigenvalue weighted by atomic mass is 9.57. The first-order valence-corrected chi connectivity index (χ1v) is 4.89. The monoisotopic (exact) mass is 134 g/mol. The zero-order chi connectivity index (χ0) is 6.40. The van der Waals surface area contributed by atoms with Crippen molar-refractivity contribution in [3.05, 3.63) is 0 Å². The Labute approximate surface area is 62.0 Å². The van der Waals surface area contributed by atoms with E-state index in [1.165, 1.54) is 11.8 Å². The summed E-state index contributed by atoms with van der Waals surface area (Å²) < 4.78 is 0. The van der Waals surface area contributed by atoms with Gasteiger partial charge < -0.3 is 0 Å². The zero-order valence-corrected chi connectivity index (χ0v) is 6.40. The van der Waals surface area contributed by atoms with Crippen molar-refractivity contribution in [1.82, 2.24) is 0 Å². The molecule has 0 radical (unpaired) electrons. The molecule has 0 heterocycles. The maximum absolute atomic E-state index is 1.63. The minimum absolute atomic E-state index is 0.972. The van der Waals surface area contributed by atoms with Crippen molar-refractivity contribution >= 4 is 0 Å². The van der Waals surface area contributed by atoms with Gasteiger partial charge in [0, 0.05) is 0 Å². The van der Waals surface area contributed by atoms with Crippen molar-refractivity contribution in [3.8, 4) is 0 Å². The van der Waals surface area contributed by atoms with E-state index in [1.807, 2.05) is 0 Å². The number of hydrogen-bond donors (Lipinski definition) is 0. The van der Waals surface area contributed by atoms with E-state index in [0.29, 0.717) is 0 Å². The highest BCUT2D eigenvalue weighted by molar-refractivity contribution is 5.30. The van der Waals surface area contributed by atoms with Crippen molar-refractivity contribution in [3.63, 3.8) is 0 Å². The fourth-order valence-corrected chi connectivity index (χ4v) is 5.59. The van der Waals surface area contributed by atoms with Crippen molar-refractivity contribution in [1.29, 1.82) is 0 Å². The quantitative estimate of drug-likeness (QED) is 0.477. The molecule has 7 aliphatic carbocycles. The fraction of sp³-hybridized carbons (Fsp3) is 1.00. The molecule has 0 heteroatoms. The van der Waals surface area contributed by atoms with Crippen LogP contribution in [0, 0.1) is 22.7 Å². The topological polar surface area (TPSA) is 0 Å². The van der Waals surface area contributed by atoms with Gasteiger partial charge in [0.15, 0.2) is 0 Å². The fourth-order valence-electron chi connectivity index (χ4n) is 5.59. The predicted octanol–water partition coefficient (Wildman–Crippen LogP) is 2.59. The lowest BCUT2D eigenvalue weighted by Crippen LogP contribution is -2.42. The number of fused-ring (bicyclic) bond motifs is 3. The van der Waals surface area contributed by atoms with Gasteiger partial charge in [0.1, 0.15) is 0 Å².